The van der Waals surface area contributed by atoms with E-state index < -0.39 is 11.6 Å². The topological polar surface area (TPSA) is 139 Å². The lowest BCUT2D eigenvalue weighted by Crippen LogP contribution is -2.59. The second-order valence-corrected chi connectivity index (χ2v) is 8.62. The summed E-state index contributed by atoms with van der Waals surface area (Å²) >= 11 is 0. The molecule has 0 aliphatic heterocycles. The summed E-state index contributed by atoms with van der Waals surface area (Å²) in [6.07, 6.45) is 7.80. The summed E-state index contributed by atoms with van der Waals surface area (Å²) < 4.78 is 0. The molecule has 0 spiro atoms. The van der Waals surface area contributed by atoms with Gasteiger partial charge in [0, 0.05) is 12.2 Å². The van der Waals surface area contributed by atoms with E-state index in [-0.39, 0.29) is 17.4 Å². The van der Waals surface area contributed by atoms with Crippen molar-refractivity contribution in [1.29, 1.82) is 0 Å². The number of amidine groups is 1. The average Bonchev–Trinajstić information content (AvgIpc) is 3.10. The predicted octanol–water partition coefficient (Wildman–Crippen LogP) is 1.76. The Morgan fingerprint density at radius 3 is 2.79 bits per heavy atom. The molecule has 5 atom stereocenters. The summed E-state index contributed by atoms with van der Waals surface area (Å²) in [5.41, 5.74) is 7.07. The standard InChI is InChI=1S/C19H24N6O3/c1-9(20)25-28-18(26)13-7-21-17-16(22-8-23-17)15(13)24-14-11-2-10-3-12(14)6-19(27,4-10)5-11/h7-8,10-12,14,27H,2-6H2,1H3,(H2,20,25)(H2,21,22,23,24)/t10?,11-,12+,14?,19?. The van der Waals surface area contributed by atoms with E-state index in [1.807, 2.05) is 0 Å². The minimum absolute atomic E-state index is 0.160. The molecule has 4 bridgehead atoms. The first-order valence-electron chi connectivity index (χ1n) is 9.74. The van der Waals surface area contributed by atoms with Crippen molar-refractivity contribution in [2.45, 2.75) is 50.7 Å². The smallest absolute Gasteiger partial charge is 0.369 e. The Balaban J connectivity index is 1.50. The first kappa shape index (κ1) is 17.4. The van der Waals surface area contributed by atoms with Crippen molar-refractivity contribution < 1.29 is 14.7 Å². The summed E-state index contributed by atoms with van der Waals surface area (Å²) in [4.78, 5) is 29.1. The molecule has 0 radical (unpaired) electrons. The molecule has 6 rings (SSSR count). The van der Waals surface area contributed by atoms with Gasteiger partial charge in [-0.1, -0.05) is 5.16 Å². The Labute approximate surface area is 161 Å². The maximum atomic E-state index is 12.6. The molecule has 28 heavy (non-hydrogen) atoms. The summed E-state index contributed by atoms with van der Waals surface area (Å²) in [5, 5.41) is 18.0. The van der Waals surface area contributed by atoms with Crippen molar-refractivity contribution in [3.05, 3.63) is 18.1 Å². The number of H-pyrrole nitrogens is 1. The van der Waals surface area contributed by atoms with E-state index >= 15 is 0 Å². The predicted molar refractivity (Wildman–Crippen MR) is 103 cm³/mol. The maximum absolute atomic E-state index is 12.6. The van der Waals surface area contributed by atoms with Crippen molar-refractivity contribution in [3.8, 4) is 0 Å². The fourth-order valence-corrected chi connectivity index (χ4v) is 5.74. The van der Waals surface area contributed by atoms with Gasteiger partial charge in [0.2, 0.25) is 0 Å². The van der Waals surface area contributed by atoms with Crippen LogP contribution in [0.4, 0.5) is 5.69 Å². The van der Waals surface area contributed by atoms with Gasteiger partial charge in [-0.15, -0.1) is 0 Å². The average molecular weight is 384 g/mol. The third kappa shape index (κ3) is 2.81. The number of nitrogens with zero attached hydrogens (tertiary/aromatic N) is 3. The van der Waals surface area contributed by atoms with Gasteiger partial charge in [-0.3, -0.25) is 0 Å². The Hall–Kier alpha value is -2.68. The molecule has 2 heterocycles. The number of nitrogens with one attached hydrogen (secondary N) is 2. The molecule has 0 aromatic carbocycles. The summed E-state index contributed by atoms with van der Waals surface area (Å²) in [6.45, 7) is 1.54. The van der Waals surface area contributed by atoms with Crippen LogP contribution in [0.5, 0.6) is 0 Å². The van der Waals surface area contributed by atoms with Crippen LogP contribution in [0.25, 0.3) is 11.2 Å². The molecule has 4 aliphatic carbocycles. The number of nitrogens with two attached hydrogens (primary N) is 1. The molecule has 148 valence electrons. The number of aromatic amines is 1. The number of hydrogen-bond acceptors (Lipinski definition) is 7. The highest BCUT2D eigenvalue weighted by molar-refractivity contribution is 6.03. The van der Waals surface area contributed by atoms with Crippen LogP contribution < -0.4 is 11.1 Å². The molecule has 0 amide bonds. The molecule has 3 unspecified atom stereocenters. The molecule has 5 N–H and O–H groups in total. The van der Waals surface area contributed by atoms with E-state index in [0.717, 1.165) is 32.1 Å². The number of oxime groups is 1. The van der Waals surface area contributed by atoms with Gasteiger partial charge in [-0.25, -0.2) is 14.8 Å². The number of hydrogen-bond donors (Lipinski definition) is 4. The van der Waals surface area contributed by atoms with Crippen LogP contribution in [-0.2, 0) is 4.84 Å². The lowest BCUT2D eigenvalue weighted by molar-refractivity contribution is -0.129. The second kappa shape index (κ2) is 6.16. The summed E-state index contributed by atoms with van der Waals surface area (Å²) in [5.74, 6) is 0.911. The SMILES string of the molecule is CC(N)=NOC(=O)c1cnc2nc[nH]c2c1NC1[C@@H]2CC3C[C@H]1CC(O)(C3)C2. The Morgan fingerprint density at radius 1 is 1.36 bits per heavy atom. The van der Waals surface area contributed by atoms with Gasteiger partial charge >= 0.3 is 5.97 Å². The molecule has 4 saturated carbocycles. The molecular formula is C19H24N6O3. The highest BCUT2D eigenvalue weighted by Gasteiger charge is 2.54. The van der Waals surface area contributed by atoms with Crippen LogP contribution in [0.15, 0.2) is 17.7 Å². The van der Waals surface area contributed by atoms with Crippen LogP contribution in [0, 0.1) is 17.8 Å². The van der Waals surface area contributed by atoms with Crippen LogP contribution in [0.2, 0.25) is 0 Å². The van der Waals surface area contributed by atoms with Crippen molar-refractivity contribution in [2.24, 2.45) is 28.6 Å². The van der Waals surface area contributed by atoms with E-state index in [1.165, 1.54) is 6.20 Å². The van der Waals surface area contributed by atoms with Crippen molar-refractivity contribution in [2.75, 3.05) is 5.32 Å². The molecule has 0 saturated heterocycles. The van der Waals surface area contributed by atoms with E-state index in [1.54, 1.807) is 13.3 Å². The molecular weight excluding hydrogens is 360 g/mol. The van der Waals surface area contributed by atoms with Gasteiger partial charge in [-0.05, 0) is 56.8 Å². The Morgan fingerprint density at radius 2 is 2.11 bits per heavy atom. The molecule has 4 aliphatic rings. The first-order chi connectivity index (χ1) is 13.4. The van der Waals surface area contributed by atoms with Crippen LogP contribution in [0.3, 0.4) is 0 Å². The molecule has 2 aromatic heterocycles. The molecule has 9 nitrogen and oxygen atoms in total. The van der Waals surface area contributed by atoms with E-state index in [9.17, 15) is 9.90 Å². The number of carbonyl (C=O) groups is 1. The quantitative estimate of drug-likeness (QED) is 0.273. The van der Waals surface area contributed by atoms with Crippen molar-refractivity contribution in [1.82, 2.24) is 15.0 Å². The largest absolute Gasteiger partial charge is 0.390 e. The molecule has 9 heteroatoms. The normalized spacial score (nSPS) is 34.0. The minimum Gasteiger partial charge on any atom is -0.390 e. The first-order valence-corrected chi connectivity index (χ1v) is 9.74. The molecule has 2 aromatic rings. The van der Waals surface area contributed by atoms with Gasteiger partial charge in [0.15, 0.2) is 5.65 Å². The number of rotatable bonds is 4. The zero-order chi connectivity index (χ0) is 19.5. The van der Waals surface area contributed by atoms with Gasteiger partial charge in [0.05, 0.1) is 17.6 Å². The number of pyridine rings is 1. The zero-order valence-electron chi connectivity index (χ0n) is 15.7. The maximum Gasteiger partial charge on any atom is 0.369 e. The van der Waals surface area contributed by atoms with Gasteiger partial charge in [0.25, 0.3) is 0 Å². The van der Waals surface area contributed by atoms with Gasteiger partial charge in [-0.2, -0.15) is 0 Å². The lowest BCUT2D eigenvalue weighted by atomic mass is 9.52. The Bertz CT molecular complexity index is 950. The van der Waals surface area contributed by atoms with Crippen molar-refractivity contribution in [3.63, 3.8) is 0 Å². The van der Waals surface area contributed by atoms with E-state index in [4.69, 9.17) is 10.6 Å². The summed E-state index contributed by atoms with van der Waals surface area (Å²) in [6, 6.07) is 0.192. The van der Waals surface area contributed by atoms with Crippen LogP contribution in [0.1, 0.15) is 49.4 Å². The third-order valence-corrected chi connectivity index (χ3v) is 6.50. The highest BCUT2D eigenvalue weighted by atomic mass is 16.7. The van der Waals surface area contributed by atoms with Gasteiger partial charge < -0.3 is 26.0 Å². The number of aliphatic hydroxyl groups is 1. The summed E-state index contributed by atoms with van der Waals surface area (Å²) in [7, 11) is 0. The number of aromatic nitrogens is 3. The van der Waals surface area contributed by atoms with Crippen molar-refractivity contribution >= 4 is 28.7 Å². The number of imidazole rings is 1. The monoisotopic (exact) mass is 384 g/mol. The van der Waals surface area contributed by atoms with E-state index in [0.29, 0.717) is 34.6 Å². The highest BCUT2D eigenvalue weighted by Crippen LogP contribution is 2.56. The molecule has 4 fully saturated rings. The number of fused-ring (bicyclic) bond motifs is 1. The zero-order valence-corrected chi connectivity index (χ0v) is 15.7. The Kier molecular flexibility index (Phi) is 3.84. The number of anilines is 1. The fourth-order valence-electron chi connectivity index (χ4n) is 5.74. The number of carbonyl (C=O) groups excluding carboxylic acids is 1. The third-order valence-electron chi connectivity index (χ3n) is 6.50. The second-order valence-electron chi connectivity index (χ2n) is 8.62. The van der Waals surface area contributed by atoms with Crippen LogP contribution in [-0.4, -0.2) is 43.5 Å². The fraction of sp³-hybridized carbons (Fsp3) is 0.579. The lowest BCUT2D eigenvalue weighted by Gasteiger charge is -2.58. The van der Waals surface area contributed by atoms with Gasteiger partial charge in [0.1, 0.15) is 16.9 Å². The minimum atomic E-state index is -0.626. The van der Waals surface area contributed by atoms with Crippen LogP contribution >= 0.6 is 0 Å². The van der Waals surface area contributed by atoms with E-state index in [2.05, 4.69) is 25.4 Å².